The highest BCUT2D eigenvalue weighted by Crippen LogP contribution is 2.33. The van der Waals surface area contributed by atoms with Crippen molar-refractivity contribution in [2.45, 2.75) is 13.0 Å². The average molecular weight is 464 g/mol. The molecular weight excluding hydrogens is 446 g/mol. The van der Waals surface area contributed by atoms with Crippen LogP contribution in [-0.4, -0.2) is 10.5 Å². The molecule has 3 aromatic heterocycles. The van der Waals surface area contributed by atoms with E-state index in [-0.39, 0.29) is 11.5 Å². The minimum atomic E-state index is -0.509. The van der Waals surface area contributed by atoms with Crippen LogP contribution in [0.25, 0.3) is 6.08 Å². The van der Waals surface area contributed by atoms with Crippen molar-refractivity contribution in [1.82, 2.24) is 4.57 Å². The average Bonchev–Trinajstić information content (AvgIpc) is 3.51. The molecule has 1 atom stereocenters. The zero-order chi connectivity index (χ0) is 21.4. The SMILES string of the molecule is CC1=C(C(=O)Nc2ccccc2)C(c2cccs2)n2c(s/c(=C/c3cccs3)c2=O)=N1. The van der Waals surface area contributed by atoms with Crippen molar-refractivity contribution in [3.8, 4) is 0 Å². The van der Waals surface area contributed by atoms with Crippen molar-refractivity contribution in [3.05, 3.63) is 106 Å². The van der Waals surface area contributed by atoms with Crippen LogP contribution in [0.2, 0.25) is 0 Å². The number of benzene rings is 1. The van der Waals surface area contributed by atoms with E-state index in [1.54, 1.807) is 15.9 Å². The minimum absolute atomic E-state index is 0.131. The molecule has 0 bridgehead atoms. The molecule has 154 valence electrons. The van der Waals surface area contributed by atoms with E-state index in [0.29, 0.717) is 26.3 Å². The summed E-state index contributed by atoms with van der Waals surface area (Å²) in [4.78, 5) is 33.9. The number of fused-ring (bicyclic) bond motifs is 1. The van der Waals surface area contributed by atoms with Gasteiger partial charge in [-0.1, -0.05) is 41.7 Å². The molecule has 1 aromatic carbocycles. The van der Waals surface area contributed by atoms with Crippen LogP contribution in [0.1, 0.15) is 22.7 Å². The van der Waals surface area contributed by atoms with Gasteiger partial charge in [0.25, 0.3) is 11.5 Å². The van der Waals surface area contributed by atoms with Gasteiger partial charge in [0, 0.05) is 15.4 Å². The first-order valence-electron chi connectivity index (χ1n) is 9.57. The first-order valence-corrected chi connectivity index (χ1v) is 12.2. The second-order valence-electron chi connectivity index (χ2n) is 6.93. The van der Waals surface area contributed by atoms with Gasteiger partial charge in [0.05, 0.1) is 15.8 Å². The Morgan fingerprint density at radius 2 is 1.84 bits per heavy atom. The lowest BCUT2D eigenvalue weighted by Gasteiger charge is -2.24. The predicted molar refractivity (Wildman–Crippen MR) is 127 cm³/mol. The van der Waals surface area contributed by atoms with Gasteiger partial charge >= 0.3 is 0 Å². The van der Waals surface area contributed by atoms with E-state index in [1.165, 1.54) is 22.7 Å². The number of aromatic nitrogens is 1. The molecule has 31 heavy (non-hydrogen) atoms. The summed E-state index contributed by atoms with van der Waals surface area (Å²) < 4.78 is 2.27. The summed E-state index contributed by atoms with van der Waals surface area (Å²) in [6, 6.07) is 16.6. The van der Waals surface area contributed by atoms with Crippen LogP contribution >= 0.6 is 34.0 Å². The molecule has 1 aliphatic rings. The summed E-state index contributed by atoms with van der Waals surface area (Å²) in [7, 11) is 0. The fraction of sp³-hybridized carbons (Fsp3) is 0.0870. The van der Waals surface area contributed by atoms with Gasteiger partial charge in [-0.3, -0.25) is 14.2 Å². The number of thiazole rings is 1. The number of rotatable bonds is 4. The van der Waals surface area contributed by atoms with Crippen molar-refractivity contribution in [2.75, 3.05) is 5.32 Å². The molecule has 0 fully saturated rings. The molecule has 0 radical (unpaired) electrons. The zero-order valence-corrected chi connectivity index (χ0v) is 18.9. The molecule has 4 heterocycles. The van der Waals surface area contributed by atoms with Gasteiger partial charge in [-0.2, -0.15) is 0 Å². The van der Waals surface area contributed by atoms with Gasteiger partial charge in [0.1, 0.15) is 6.04 Å². The van der Waals surface area contributed by atoms with E-state index in [4.69, 9.17) is 0 Å². The Morgan fingerprint density at radius 1 is 1.06 bits per heavy atom. The molecular formula is C23H17N3O2S3. The van der Waals surface area contributed by atoms with Crippen LogP contribution in [0.5, 0.6) is 0 Å². The number of thiophene rings is 2. The molecule has 5 rings (SSSR count). The van der Waals surface area contributed by atoms with Gasteiger partial charge in [0.2, 0.25) is 0 Å². The van der Waals surface area contributed by atoms with Crippen molar-refractivity contribution in [3.63, 3.8) is 0 Å². The van der Waals surface area contributed by atoms with Crippen LogP contribution in [0.15, 0.2) is 86.4 Å². The molecule has 0 saturated heterocycles. The molecule has 0 spiro atoms. The maximum absolute atomic E-state index is 13.4. The summed E-state index contributed by atoms with van der Waals surface area (Å²) in [5.74, 6) is -0.251. The van der Waals surface area contributed by atoms with Gasteiger partial charge < -0.3 is 5.32 Å². The van der Waals surface area contributed by atoms with Crippen LogP contribution < -0.4 is 20.2 Å². The monoisotopic (exact) mass is 463 g/mol. The van der Waals surface area contributed by atoms with E-state index in [2.05, 4.69) is 10.3 Å². The highest BCUT2D eigenvalue weighted by molar-refractivity contribution is 7.11. The molecule has 0 aliphatic carbocycles. The summed E-state index contributed by atoms with van der Waals surface area (Å²) >= 11 is 4.46. The lowest BCUT2D eigenvalue weighted by atomic mass is 10.0. The van der Waals surface area contributed by atoms with Crippen LogP contribution in [0.4, 0.5) is 5.69 Å². The van der Waals surface area contributed by atoms with Gasteiger partial charge in [-0.05, 0) is 48.0 Å². The quantitative estimate of drug-likeness (QED) is 0.497. The second-order valence-corrected chi connectivity index (χ2v) is 9.90. The minimum Gasteiger partial charge on any atom is -0.322 e. The van der Waals surface area contributed by atoms with E-state index in [0.717, 1.165) is 9.75 Å². The second kappa shape index (κ2) is 8.22. The third-order valence-corrected chi connectivity index (χ3v) is 7.65. The maximum atomic E-state index is 13.4. The Balaban J connectivity index is 1.66. The number of allylic oxidation sites excluding steroid dienone is 1. The number of para-hydroxylation sites is 1. The van der Waals surface area contributed by atoms with Gasteiger partial charge in [-0.25, -0.2) is 4.99 Å². The Labute approximate surface area is 190 Å². The van der Waals surface area contributed by atoms with Crippen LogP contribution in [0.3, 0.4) is 0 Å². The highest BCUT2D eigenvalue weighted by Gasteiger charge is 2.33. The molecule has 1 aliphatic heterocycles. The summed E-state index contributed by atoms with van der Waals surface area (Å²) in [5, 5.41) is 6.89. The third-order valence-electron chi connectivity index (χ3n) is 4.93. The fourth-order valence-corrected chi connectivity index (χ4v) is 6.14. The number of nitrogens with zero attached hydrogens (tertiary/aromatic N) is 2. The van der Waals surface area contributed by atoms with E-state index >= 15 is 0 Å². The number of anilines is 1. The Bertz CT molecular complexity index is 1440. The van der Waals surface area contributed by atoms with Gasteiger partial charge in [-0.15, -0.1) is 22.7 Å². The first-order chi connectivity index (χ1) is 15.1. The smallest absolute Gasteiger partial charge is 0.271 e. The Kier molecular flexibility index (Phi) is 5.27. The normalized spacial score (nSPS) is 16.2. The van der Waals surface area contributed by atoms with E-state index in [9.17, 15) is 9.59 Å². The standard InChI is InChI=1S/C23H17N3O2S3/c1-14-19(21(27)25-15-7-3-2-4-8-15)20(17-10-6-12-30-17)26-22(28)18(31-23(26)24-14)13-16-9-5-11-29-16/h2-13,20H,1H3,(H,25,27)/b18-13+. The van der Waals surface area contributed by atoms with Crippen molar-refractivity contribution in [1.29, 1.82) is 0 Å². The summed E-state index contributed by atoms with van der Waals surface area (Å²) in [5.41, 5.74) is 1.68. The number of nitrogens with one attached hydrogen (secondary N) is 1. The van der Waals surface area contributed by atoms with Crippen molar-refractivity contribution in [2.24, 2.45) is 4.99 Å². The van der Waals surface area contributed by atoms with Crippen molar-refractivity contribution < 1.29 is 4.79 Å². The number of hydrogen-bond acceptors (Lipinski definition) is 6. The molecule has 0 saturated carbocycles. The van der Waals surface area contributed by atoms with Gasteiger partial charge in [0.15, 0.2) is 4.80 Å². The molecule has 5 nitrogen and oxygen atoms in total. The lowest BCUT2D eigenvalue weighted by molar-refractivity contribution is -0.113. The van der Waals surface area contributed by atoms with E-state index < -0.39 is 6.04 Å². The Morgan fingerprint density at radius 3 is 2.55 bits per heavy atom. The fourth-order valence-electron chi connectivity index (χ4n) is 3.55. The van der Waals surface area contributed by atoms with Crippen LogP contribution in [0, 0.1) is 0 Å². The first kappa shape index (κ1) is 19.9. The lowest BCUT2D eigenvalue weighted by Crippen LogP contribution is -2.40. The number of carbonyl (C=O) groups excluding carboxylic acids is 1. The molecule has 8 heteroatoms. The molecule has 1 amide bonds. The number of carbonyl (C=O) groups is 1. The zero-order valence-electron chi connectivity index (χ0n) is 16.4. The third kappa shape index (κ3) is 3.74. The molecule has 1 N–H and O–H groups in total. The van der Waals surface area contributed by atoms with Crippen LogP contribution in [-0.2, 0) is 4.79 Å². The highest BCUT2D eigenvalue weighted by atomic mass is 32.1. The largest absolute Gasteiger partial charge is 0.322 e. The Hall–Kier alpha value is -3.07. The summed E-state index contributed by atoms with van der Waals surface area (Å²) in [6.07, 6.45) is 1.89. The number of amides is 1. The maximum Gasteiger partial charge on any atom is 0.271 e. The number of hydrogen-bond donors (Lipinski definition) is 1. The topological polar surface area (TPSA) is 63.5 Å². The molecule has 1 unspecified atom stereocenters. The van der Waals surface area contributed by atoms with E-state index in [1.807, 2.05) is 78.4 Å². The van der Waals surface area contributed by atoms with Crippen molar-refractivity contribution >= 4 is 51.7 Å². The summed E-state index contributed by atoms with van der Waals surface area (Å²) in [6.45, 7) is 1.83. The molecule has 4 aromatic rings. The predicted octanol–water partition coefficient (Wildman–Crippen LogP) is 4.00.